The summed E-state index contributed by atoms with van der Waals surface area (Å²) in [4.78, 5) is 12.6. The Bertz CT molecular complexity index is 888. The summed E-state index contributed by atoms with van der Waals surface area (Å²) in [6, 6.07) is 18.6. The summed E-state index contributed by atoms with van der Waals surface area (Å²) in [5.41, 5.74) is 3.73. The van der Waals surface area contributed by atoms with Crippen molar-refractivity contribution in [1.29, 1.82) is 0 Å². The van der Waals surface area contributed by atoms with Crippen molar-refractivity contribution >= 4 is 5.91 Å². The third-order valence-electron chi connectivity index (χ3n) is 5.05. The van der Waals surface area contributed by atoms with Crippen LogP contribution >= 0.6 is 0 Å². The van der Waals surface area contributed by atoms with Crippen LogP contribution in [0, 0.1) is 0 Å². The highest BCUT2D eigenvalue weighted by molar-refractivity contribution is 5.84. The summed E-state index contributed by atoms with van der Waals surface area (Å²) in [5.74, 6) is 0.819. The Morgan fingerprint density at radius 2 is 1.92 bits per heavy atom. The third kappa shape index (κ3) is 3.52. The molecule has 0 fully saturated rings. The molecule has 132 valence electrons. The molecule has 0 unspecified atom stereocenters. The van der Waals surface area contributed by atoms with Crippen molar-refractivity contribution in [3.8, 4) is 0 Å². The average molecular weight is 346 g/mol. The summed E-state index contributed by atoms with van der Waals surface area (Å²) >= 11 is 0. The van der Waals surface area contributed by atoms with Crippen LogP contribution in [-0.2, 0) is 30.7 Å². The lowest BCUT2D eigenvalue weighted by molar-refractivity contribution is -0.122. The molecule has 1 aliphatic carbocycles. The number of rotatable bonds is 6. The van der Waals surface area contributed by atoms with E-state index in [0.717, 1.165) is 37.2 Å². The van der Waals surface area contributed by atoms with Gasteiger partial charge in [-0.25, -0.2) is 0 Å². The Balaban J connectivity index is 1.36. The number of hydrogen-bond acceptors (Lipinski definition) is 3. The monoisotopic (exact) mass is 346 g/mol. The molecule has 1 atom stereocenters. The van der Waals surface area contributed by atoms with Crippen LogP contribution < -0.4 is 5.32 Å². The van der Waals surface area contributed by atoms with Gasteiger partial charge in [0.1, 0.15) is 6.33 Å². The fraction of sp³-hybridized carbons (Fsp3) is 0.286. The number of aryl methyl sites for hydroxylation is 3. The Kier molecular flexibility index (Phi) is 4.78. The van der Waals surface area contributed by atoms with E-state index in [4.69, 9.17) is 0 Å². The number of aromatic nitrogens is 3. The van der Waals surface area contributed by atoms with Gasteiger partial charge in [-0.1, -0.05) is 54.6 Å². The van der Waals surface area contributed by atoms with E-state index in [9.17, 15) is 4.79 Å². The quantitative estimate of drug-likeness (QED) is 0.747. The van der Waals surface area contributed by atoms with Gasteiger partial charge in [0, 0.05) is 6.54 Å². The van der Waals surface area contributed by atoms with Gasteiger partial charge >= 0.3 is 0 Å². The standard InChI is InChI=1S/C21H22N4O/c26-21(19-11-10-17-8-4-5-9-18(17)19)22-14-20-24-23-15-25(20)13-12-16-6-2-1-3-7-16/h1-9,15,19H,10-14H2,(H,22,26)/t19-/m0/s1. The SMILES string of the molecule is O=C(NCc1nncn1CCc1ccccc1)[C@H]1CCc2ccccc21. The molecule has 0 saturated heterocycles. The maximum Gasteiger partial charge on any atom is 0.227 e. The number of fused-ring (bicyclic) bond motifs is 1. The first kappa shape index (κ1) is 16.5. The predicted octanol–water partition coefficient (Wildman–Crippen LogP) is 2.87. The van der Waals surface area contributed by atoms with E-state index in [1.165, 1.54) is 11.1 Å². The van der Waals surface area contributed by atoms with Crippen molar-refractivity contribution < 1.29 is 4.79 Å². The van der Waals surface area contributed by atoms with Crippen LogP contribution in [0.4, 0.5) is 0 Å². The summed E-state index contributed by atoms with van der Waals surface area (Å²) in [6.07, 6.45) is 4.50. The van der Waals surface area contributed by atoms with Crippen molar-refractivity contribution in [3.05, 3.63) is 83.4 Å². The van der Waals surface area contributed by atoms with E-state index < -0.39 is 0 Å². The number of amides is 1. The molecule has 1 heterocycles. The van der Waals surface area contributed by atoms with Gasteiger partial charge in [0.15, 0.2) is 5.82 Å². The van der Waals surface area contributed by atoms with Crippen LogP contribution in [0.15, 0.2) is 60.9 Å². The van der Waals surface area contributed by atoms with Gasteiger partial charge in [-0.3, -0.25) is 4.79 Å². The highest BCUT2D eigenvalue weighted by Gasteiger charge is 2.28. The van der Waals surface area contributed by atoms with Crippen molar-refractivity contribution in [2.75, 3.05) is 0 Å². The zero-order valence-corrected chi connectivity index (χ0v) is 14.6. The van der Waals surface area contributed by atoms with Gasteiger partial charge in [-0.2, -0.15) is 0 Å². The van der Waals surface area contributed by atoms with E-state index in [1.54, 1.807) is 6.33 Å². The highest BCUT2D eigenvalue weighted by atomic mass is 16.1. The largest absolute Gasteiger partial charge is 0.348 e. The Hall–Kier alpha value is -2.95. The number of hydrogen-bond donors (Lipinski definition) is 1. The molecule has 0 spiro atoms. The highest BCUT2D eigenvalue weighted by Crippen LogP contribution is 2.32. The molecule has 1 aliphatic rings. The molecule has 1 aromatic heterocycles. The second-order valence-corrected chi connectivity index (χ2v) is 6.68. The second-order valence-electron chi connectivity index (χ2n) is 6.68. The Labute approximate surface area is 153 Å². The van der Waals surface area contributed by atoms with Crippen LogP contribution in [0.25, 0.3) is 0 Å². The Morgan fingerprint density at radius 1 is 1.12 bits per heavy atom. The first-order valence-corrected chi connectivity index (χ1v) is 9.07. The average Bonchev–Trinajstić information content (AvgIpc) is 3.32. The van der Waals surface area contributed by atoms with E-state index >= 15 is 0 Å². The topological polar surface area (TPSA) is 59.8 Å². The van der Waals surface area contributed by atoms with Gasteiger partial charge in [-0.05, 0) is 36.0 Å². The smallest absolute Gasteiger partial charge is 0.227 e. The molecule has 1 N–H and O–H groups in total. The number of benzene rings is 2. The minimum atomic E-state index is -0.0492. The van der Waals surface area contributed by atoms with Gasteiger partial charge in [0.05, 0.1) is 12.5 Å². The van der Waals surface area contributed by atoms with E-state index in [0.29, 0.717) is 6.54 Å². The van der Waals surface area contributed by atoms with Gasteiger partial charge < -0.3 is 9.88 Å². The molecule has 0 bridgehead atoms. The third-order valence-corrected chi connectivity index (χ3v) is 5.05. The second kappa shape index (κ2) is 7.52. The van der Waals surface area contributed by atoms with Crippen molar-refractivity contribution in [1.82, 2.24) is 20.1 Å². The summed E-state index contributed by atoms with van der Waals surface area (Å²) < 4.78 is 2.01. The molecule has 2 aromatic carbocycles. The molecule has 5 heteroatoms. The number of carbonyl (C=O) groups excluding carboxylic acids is 1. The molecule has 0 aliphatic heterocycles. The zero-order chi connectivity index (χ0) is 17.8. The summed E-state index contributed by atoms with van der Waals surface area (Å²) in [7, 11) is 0. The zero-order valence-electron chi connectivity index (χ0n) is 14.6. The Morgan fingerprint density at radius 3 is 2.81 bits per heavy atom. The summed E-state index contributed by atoms with van der Waals surface area (Å²) in [5, 5.41) is 11.2. The molecule has 1 amide bonds. The minimum Gasteiger partial charge on any atom is -0.348 e. The van der Waals surface area contributed by atoms with E-state index in [2.05, 4.69) is 39.8 Å². The van der Waals surface area contributed by atoms with Crippen molar-refractivity contribution in [3.63, 3.8) is 0 Å². The minimum absolute atomic E-state index is 0.0492. The van der Waals surface area contributed by atoms with Crippen LogP contribution in [0.1, 0.15) is 34.9 Å². The molecule has 0 radical (unpaired) electrons. The fourth-order valence-electron chi connectivity index (χ4n) is 3.62. The van der Waals surface area contributed by atoms with Crippen LogP contribution in [-0.4, -0.2) is 20.7 Å². The molecule has 4 rings (SSSR count). The maximum absolute atomic E-state index is 12.6. The van der Waals surface area contributed by atoms with Crippen molar-refractivity contribution in [2.45, 2.75) is 38.3 Å². The predicted molar refractivity (Wildman–Crippen MR) is 99.5 cm³/mol. The lowest BCUT2D eigenvalue weighted by atomic mass is 10.0. The molecule has 26 heavy (non-hydrogen) atoms. The summed E-state index contributed by atoms with van der Waals surface area (Å²) in [6.45, 7) is 1.21. The van der Waals surface area contributed by atoms with E-state index in [1.807, 2.05) is 34.9 Å². The molecular formula is C21H22N4O. The molecule has 3 aromatic rings. The molecular weight excluding hydrogens is 324 g/mol. The normalized spacial score (nSPS) is 15.6. The van der Waals surface area contributed by atoms with Crippen LogP contribution in [0.3, 0.4) is 0 Å². The van der Waals surface area contributed by atoms with Gasteiger partial charge in [-0.15, -0.1) is 10.2 Å². The number of nitrogens with one attached hydrogen (secondary N) is 1. The van der Waals surface area contributed by atoms with Crippen LogP contribution in [0.5, 0.6) is 0 Å². The molecule has 5 nitrogen and oxygen atoms in total. The van der Waals surface area contributed by atoms with Crippen molar-refractivity contribution in [2.24, 2.45) is 0 Å². The molecule has 0 saturated carbocycles. The lowest BCUT2D eigenvalue weighted by Gasteiger charge is -2.13. The number of nitrogens with zero attached hydrogens (tertiary/aromatic N) is 3. The first-order valence-electron chi connectivity index (χ1n) is 9.07. The lowest BCUT2D eigenvalue weighted by Crippen LogP contribution is -2.29. The van der Waals surface area contributed by atoms with E-state index in [-0.39, 0.29) is 11.8 Å². The number of carbonyl (C=O) groups is 1. The maximum atomic E-state index is 12.6. The van der Waals surface area contributed by atoms with Gasteiger partial charge in [0.2, 0.25) is 5.91 Å². The fourth-order valence-corrected chi connectivity index (χ4v) is 3.62. The first-order chi connectivity index (χ1) is 12.8. The van der Waals surface area contributed by atoms with Crippen LogP contribution in [0.2, 0.25) is 0 Å². The van der Waals surface area contributed by atoms with Gasteiger partial charge in [0.25, 0.3) is 0 Å².